The lowest BCUT2D eigenvalue weighted by molar-refractivity contribution is 0.288. The fourth-order valence-corrected chi connectivity index (χ4v) is 4.72. The van der Waals surface area contributed by atoms with Gasteiger partial charge in [0.15, 0.2) is 0 Å². The first-order chi connectivity index (χ1) is 12.7. The minimum absolute atomic E-state index is 0.587. The van der Waals surface area contributed by atoms with E-state index in [4.69, 9.17) is 11.6 Å². The van der Waals surface area contributed by atoms with E-state index in [1.165, 1.54) is 44.2 Å². The average Bonchev–Trinajstić information content (AvgIpc) is 2.69. The molecule has 26 heavy (non-hydrogen) atoms. The molecule has 140 valence electrons. The van der Waals surface area contributed by atoms with Crippen LogP contribution in [0, 0.1) is 0 Å². The van der Waals surface area contributed by atoms with Crippen LogP contribution in [-0.4, -0.2) is 24.5 Å². The van der Waals surface area contributed by atoms with E-state index in [2.05, 4.69) is 67.3 Å². The molecule has 1 aliphatic rings. The van der Waals surface area contributed by atoms with Crippen LogP contribution in [0.5, 0.6) is 0 Å². The van der Waals surface area contributed by atoms with E-state index in [1.807, 2.05) is 0 Å². The molecule has 0 spiro atoms. The molecule has 2 aromatic carbocycles. The first kappa shape index (κ1) is 19.5. The smallest absolute Gasteiger partial charge is 0.0406 e. The second-order valence-corrected chi connectivity index (χ2v) is 7.96. The quantitative estimate of drug-likeness (QED) is 0.502. The van der Waals surface area contributed by atoms with Gasteiger partial charge in [0.1, 0.15) is 0 Å². The zero-order valence-corrected chi connectivity index (χ0v) is 17.0. The van der Waals surface area contributed by atoms with Crippen LogP contribution in [0.2, 0.25) is 5.02 Å². The third-order valence-corrected chi connectivity index (χ3v) is 6.34. The van der Waals surface area contributed by atoms with Crippen LogP contribution in [0.1, 0.15) is 68.1 Å². The number of rotatable bonds is 8. The van der Waals surface area contributed by atoms with Crippen LogP contribution in [0.15, 0.2) is 48.5 Å². The summed E-state index contributed by atoms with van der Waals surface area (Å²) in [5.74, 6) is 1.22. The first-order valence-electron chi connectivity index (χ1n) is 10.3. The predicted octanol–water partition coefficient (Wildman–Crippen LogP) is 6.67. The van der Waals surface area contributed by atoms with E-state index in [-0.39, 0.29) is 0 Å². The molecule has 3 rings (SSSR count). The van der Waals surface area contributed by atoms with Crippen LogP contribution >= 0.6 is 11.6 Å². The zero-order chi connectivity index (χ0) is 18.4. The van der Waals surface area contributed by atoms with Gasteiger partial charge in [0, 0.05) is 5.02 Å². The summed E-state index contributed by atoms with van der Waals surface area (Å²) in [6, 6.07) is 17.7. The molecule has 1 aliphatic carbocycles. The molecule has 0 saturated carbocycles. The summed E-state index contributed by atoms with van der Waals surface area (Å²) in [7, 11) is 0. The third-order valence-electron chi connectivity index (χ3n) is 6.08. The predicted molar refractivity (Wildman–Crippen MR) is 113 cm³/mol. The van der Waals surface area contributed by atoms with Crippen LogP contribution in [0.25, 0.3) is 0 Å². The van der Waals surface area contributed by atoms with E-state index in [9.17, 15) is 0 Å². The Morgan fingerprint density at radius 3 is 2.50 bits per heavy atom. The van der Waals surface area contributed by atoms with Crippen LogP contribution in [-0.2, 0) is 6.42 Å². The molecule has 0 N–H and O–H groups in total. The van der Waals surface area contributed by atoms with E-state index >= 15 is 0 Å². The van der Waals surface area contributed by atoms with Gasteiger partial charge in [-0.05, 0) is 92.4 Å². The lowest BCUT2D eigenvalue weighted by atomic mass is 9.72. The summed E-state index contributed by atoms with van der Waals surface area (Å²) in [6.45, 7) is 8.02. The van der Waals surface area contributed by atoms with Crippen molar-refractivity contribution in [2.24, 2.45) is 0 Å². The number of hydrogen-bond acceptors (Lipinski definition) is 1. The third kappa shape index (κ3) is 4.69. The first-order valence-corrected chi connectivity index (χ1v) is 10.7. The van der Waals surface area contributed by atoms with Gasteiger partial charge in [-0.15, -0.1) is 0 Å². The van der Waals surface area contributed by atoms with Gasteiger partial charge in [-0.3, -0.25) is 0 Å². The van der Waals surface area contributed by atoms with Crippen molar-refractivity contribution in [3.63, 3.8) is 0 Å². The summed E-state index contributed by atoms with van der Waals surface area (Å²) in [5.41, 5.74) is 4.60. The van der Waals surface area contributed by atoms with Crippen molar-refractivity contribution < 1.29 is 0 Å². The second kappa shape index (κ2) is 9.58. The van der Waals surface area contributed by atoms with Gasteiger partial charge >= 0.3 is 0 Å². The zero-order valence-electron chi connectivity index (χ0n) is 16.3. The normalized spacial score (nSPS) is 17.9. The number of hydrogen-bond donors (Lipinski definition) is 0. The molecule has 0 bridgehead atoms. The van der Waals surface area contributed by atoms with Crippen molar-refractivity contribution in [3.05, 3.63) is 70.2 Å². The van der Waals surface area contributed by atoms with Crippen molar-refractivity contribution >= 4 is 11.6 Å². The molecule has 0 aliphatic heterocycles. The number of aryl methyl sites for hydroxylation is 1. The molecule has 0 saturated heterocycles. The Hall–Kier alpha value is -1.31. The lowest BCUT2D eigenvalue weighted by Crippen LogP contribution is -2.25. The van der Waals surface area contributed by atoms with Gasteiger partial charge in [-0.25, -0.2) is 0 Å². The van der Waals surface area contributed by atoms with Gasteiger partial charge in [0.2, 0.25) is 0 Å². The lowest BCUT2D eigenvalue weighted by Gasteiger charge is -2.33. The van der Waals surface area contributed by atoms with Crippen molar-refractivity contribution in [1.82, 2.24) is 4.90 Å². The summed E-state index contributed by atoms with van der Waals surface area (Å²) >= 11 is 6.16. The van der Waals surface area contributed by atoms with Crippen molar-refractivity contribution in [2.75, 3.05) is 19.6 Å². The Labute approximate surface area is 164 Å². The summed E-state index contributed by atoms with van der Waals surface area (Å²) < 4.78 is 0. The molecule has 2 atom stereocenters. The molecule has 1 nitrogen and oxygen atoms in total. The molecule has 0 amide bonds. The van der Waals surface area contributed by atoms with E-state index < -0.39 is 0 Å². The van der Waals surface area contributed by atoms with Gasteiger partial charge < -0.3 is 4.90 Å². The molecule has 2 aromatic rings. The highest BCUT2D eigenvalue weighted by Gasteiger charge is 2.28. The Bertz CT molecular complexity index is 675. The monoisotopic (exact) mass is 369 g/mol. The van der Waals surface area contributed by atoms with E-state index in [0.29, 0.717) is 11.8 Å². The topological polar surface area (TPSA) is 3.24 Å². The maximum absolute atomic E-state index is 6.16. The SMILES string of the molecule is CCN(CC)CCCC(c1ccc(Cl)cc1)C1CCCc2ccccc21. The average molecular weight is 370 g/mol. The molecule has 0 heterocycles. The van der Waals surface area contributed by atoms with Crippen molar-refractivity contribution in [1.29, 1.82) is 0 Å². The highest BCUT2D eigenvalue weighted by molar-refractivity contribution is 6.30. The molecule has 2 unspecified atom stereocenters. The molecule has 0 fully saturated rings. The second-order valence-electron chi connectivity index (χ2n) is 7.52. The van der Waals surface area contributed by atoms with Crippen molar-refractivity contribution in [2.45, 2.75) is 57.8 Å². The Morgan fingerprint density at radius 2 is 1.77 bits per heavy atom. The minimum Gasteiger partial charge on any atom is -0.304 e. The fraction of sp³-hybridized carbons (Fsp3) is 0.500. The fourth-order valence-electron chi connectivity index (χ4n) is 4.59. The van der Waals surface area contributed by atoms with E-state index in [0.717, 1.165) is 18.1 Å². The largest absolute Gasteiger partial charge is 0.304 e. The summed E-state index contributed by atoms with van der Waals surface area (Å²) in [5, 5.41) is 0.833. The van der Waals surface area contributed by atoms with Crippen molar-refractivity contribution in [3.8, 4) is 0 Å². The standard InChI is InChI=1S/C24H32ClN/c1-3-26(4-2)18-8-13-23(20-14-16-21(25)17-15-20)24-12-7-10-19-9-5-6-11-22(19)24/h5-6,9,11,14-17,23-24H,3-4,7-8,10,12-13,18H2,1-2H3. The molecular formula is C24H32ClN. The number of nitrogens with zero attached hydrogens (tertiary/aromatic N) is 1. The van der Waals surface area contributed by atoms with Gasteiger partial charge in [-0.1, -0.05) is 61.8 Å². The van der Waals surface area contributed by atoms with E-state index in [1.54, 1.807) is 11.1 Å². The maximum atomic E-state index is 6.16. The number of halogens is 1. The maximum Gasteiger partial charge on any atom is 0.0406 e. The van der Waals surface area contributed by atoms with Gasteiger partial charge in [0.05, 0.1) is 0 Å². The minimum atomic E-state index is 0.587. The molecule has 0 radical (unpaired) electrons. The Balaban J connectivity index is 1.82. The number of benzene rings is 2. The molecule has 2 heteroatoms. The highest BCUT2D eigenvalue weighted by Crippen LogP contribution is 2.44. The summed E-state index contributed by atoms with van der Waals surface area (Å²) in [4.78, 5) is 2.54. The van der Waals surface area contributed by atoms with Gasteiger partial charge in [0.25, 0.3) is 0 Å². The van der Waals surface area contributed by atoms with Crippen LogP contribution < -0.4 is 0 Å². The Morgan fingerprint density at radius 1 is 1.04 bits per heavy atom. The van der Waals surface area contributed by atoms with Crippen LogP contribution in [0.4, 0.5) is 0 Å². The molecular weight excluding hydrogens is 338 g/mol. The highest BCUT2D eigenvalue weighted by atomic mass is 35.5. The molecule has 0 aromatic heterocycles. The Kier molecular flexibility index (Phi) is 7.16. The number of fused-ring (bicyclic) bond motifs is 1. The summed E-state index contributed by atoms with van der Waals surface area (Å²) in [6.07, 6.45) is 6.35. The van der Waals surface area contributed by atoms with Gasteiger partial charge in [-0.2, -0.15) is 0 Å². The van der Waals surface area contributed by atoms with Crippen LogP contribution in [0.3, 0.4) is 0 Å².